The maximum atomic E-state index is 13.2. The highest BCUT2D eigenvalue weighted by atomic mass is 35.5. The number of nitrogen functional groups attached to an aromatic ring is 1. The number of halogens is 4. The molecule has 1 saturated heterocycles. The van der Waals surface area contributed by atoms with E-state index >= 15 is 0 Å². The lowest BCUT2D eigenvalue weighted by Crippen LogP contribution is -2.47. The van der Waals surface area contributed by atoms with Crippen molar-refractivity contribution in [1.82, 2.24) is 15.3 Å². The van der Waals surface area contributed by atoms with Crippen LogP contribution in [0.1, 0.15) is 50.8 Å². The maximum absolute atomic E-state index is 13.2. The van der Waals surface area contributed by atoms with Gasteiger partial charge in [-0.1, -0.05) is 13.3 Å². The monoisotopic (exact) mass is 486 g/mol. The second-order valence-corrected chi connectivity index (χ2v) is 8.10. The SMILES string of the molecule is CCCCc1cc(N2CCCC(NC(C)=O)C2)nc(Nc2cc(N)cc(C(F)(F)F)c2)n1.Cl. The molecule has 2 aromatic rings. The summed E-state index contributed by atoms with van der Waals surface area (Å²) in [5, 5.41) is 5.85. The lowest BCUT2D eigenvalue weighted by Gasteiger charge is -2.34. The van der Waals surface area contributed by atoms with Gasteiger partial charge in [-0.05, 0) is 43.9 Å². The number of carbonyl (C=O) groups excluding carboxylic acids is 1. The third-order valence-corrected chi connectivity index (χ3v) is 5.24. The Labute approximate surface area is 197 Å². The van der Waals surface area contributed by atoms with Gasteiger partial charge in [-0.25, -0.2) is 4.98 Å². The first-order valence-corrected chi connectivity index (χ1v) is 10.8. The first kappa shape index (κ1) is 26.5. The number of nitrogens with zero attached hydrogens (tertiary/aromatic N) is 3. The minimum absolute atomic E-state index is 0. The number of hydrogen-bond acceptors (Lipinski definition) is 6. The number of aromatic nitrogens is 2. The van der Waals surface area contributed by atoms with Crippen LogP contribution in [-0.4, -0.2) is 35.0 Å². The highest BCUT2D eigenvalue weighted by Gasteiger charge is 2.31. The van der Waals surface area contributed by atoms with E-state index in [0.717, 1.165) is 56.5 Å². The molecule has 0 radical (unpaired) electrons. The Kier molecular flexibility index (Phi) is 9.16. The average Bonchev–Trinajstić information content (AvgIpc) is 2.71. The molecule has 1 aliphatic rings. The van der Waals surface area contributed by atoms with E-state index < -0.39 is 11.7 Å². The molecule has 1 fully saturated rings. The van der Waals surface area contributed by atoms with Crippen LogP contribution in [0.5, 0.6) is 0 Å². The van der Waals surface area contributed by atoms with Crippen LogP contribution in [0.3, 0.4) is 0 Å². The third-order valence-electron chi connectivity index (χ3n) is 5.24. The zero-order chi connectivity index (χ0) is 23.3. The Morgan fingerprint density at radius 3 is 2.67 bits per heavy atom. The van der Waals surface area contributed by atoms with Gasteiger partial charge >= 0.3 is 6.18 Å². The van der Waals surface area contributed by atoms with E-state index in [1.54, 1.807) is 0 Å². The molecular formula is C22H30ClF3N6O. The van der Waals surface area contributed by atoms with Crippen molar-refractivity contribution in [2.45, 2.75) is 58.2 Å². The molecule has 1 unspecified atom stereocenters. The Morgan fingerprint density at radius 2 is 2.00 bits per heavy atom. The van der Waals surface area contributed by atoms with Crippen LogP contribution in [0.4, 0.5) is 36.3 Å². The summed E-state index contributed by atoms with van der Waals surface area (Å²) >= 11 is 0. The Balaban J connectivity index is 0.00000385. The number of unbranched alkanes of at least 4 members (excludes halogenated alkanes) is 1. The molecular weight excluding hydrogens is 457 g/mol. The summed E-state index contributed by atoms with van der Waals surface area (Å²) in [4.78, 5) is 22.6. The predicted molar refractivity (Wildman–Crippen MR) is 126 cm³/mol. The largest absolute Gasteiger partial charge is 0.416 e. The van der Waals surface area contributed by atoms with Crippen LogP contribution in [0.25, 0.3) is 0 Å². The van der Waals surface area contributed by atoms with E-state index in [1.807, 2.05) is 6.07 Å². The standard InChI is InChI=1S/C22H29F3N6O.ClH/c1-3-4-6-17-12-20(31-8-5-7-18(13-31)27-14(2)32)30-21(28-17)29-19-10-15(22(23,24)25)9-16(26)11-19;/h9-12,18H,3-8,13,26H2,1-2H3,(H,27,32)(H,28,29,30);1H. The van der Waals surface area contributed by atoms with Crippen LogP contribution < -0.4 is 21.3 Å². The number of hydrogen-bond donors (Lipinski definition) is 3. The van der Waals surface area contributed by atoms with Crippen molar-refractivity contribution in [3.05, 3.63) is 35.5 Å². The van der Waals surface area contributed by atoms with Crippen molar-refractivity contribution >= 4 is 41.5 Å². The minimum Gasteiger partial charge on any atom is -0.399 e. The molecule has 0 bridgehead atoms. The zero-order valence-corrected chi connectivity index (χ0v) is 19.5. The Hall–Kier alpha value is -2.75. The number of anilines is 4. The van der Waals surface area contributed by atoms with Crippen molar-refractivity contribution < 1.29 is 18.0 Å². The number of alkyl halides is 3. The van der Waals surface area contributed by atoms with Gasteiger partial charge < -0.3 is 21.3 Å². The molecule has 4 N–H and O–H groups in total. The molecule has 1 amide bonds. The smallest absolute Gasteiger partial charge is 0.399 e. The number of benzene rings is 1. The molecule has 1 aromatic carbocycles. The molecule has 3 rings (SSSR count). The normalized spacial score (nSPS) is 16.2. The first-order chi connectivity index (χ1) is 15.1. The first-order valence-electron chi connectivity index (χ1n) is 10.8. The van der Waals surface area contributed by atoms with Crippen molar-refractivity contribution in [3.8, 4) is 0 Å². The van der Waals surface area contributed by atoms with E-state index in [-0.39, 0.29) is 41.7 Å². The van der Waals surface area contributed by atoms with Gasteiger partial charge in [0.15, 0.2) is 0 Å². The fourth-order valence-corrected chi connectivity index (χ4v) is 3.79. The number of amides is 1. The molecule has 1 aromatic heterocycles. The van der Waals surface area contributed by atoms with Gasteiger partial charge in [0.25, 0.3) is 0 Å². The van der Waals surface area contributed by atoms with Gasteiger partial charge in [-0.3, -0.25) is 4.79 Å². The topological polar surface area (TPSA) is 96.2 Å². The molecule has 2 heterocycles. The Morgan fingerprint density at radius 1 is 1.24 bits per heavy atom. The predicted octanol–water partition coefficient (Wildman–Crippen LogP) is 4.69. The highest BCUT2D eigenvalue weighted by molar-refractivity contribution is 5.85. The second kappa shape index (κ2) is 11.4. The van der Waals surface area contributed by atoms with Crippen LogP contribution in [-0.2, 0) is 17.4 Å². The minimum atomic E-state index is -4.51. The summed E-state index contributed by atoms with van der Waals surface area (Å²) in [6.45, 7) is 4.96. The van der Waals surface area contributed by atoms with Gasteiger partial charge in [0.1, 0.15) is 5.82 Å². The zero-order valence-electron chi connectivity index (χ0n) is 18.7. The van der Waals surface area contributed by atoms with Crippen molar-refractivity contribution in [1.29, 1.82) is 0 Å². The van der Waals surface area contributed by atoms with Gasteiger partial charge in [0.05, 0.1) is 5.56 Å². The number of rotatable bonds is 7. The average molecular weight is 487 g/mol. The lowest BCUT2D eigenvalue weighted by atomic mass is 10.1. The summed E-state index contributed by atoms with van der Waals surface area (Å²) in [6, 6.07) is 5.24. The van der Waals surface area contributed by atoms with Gasteiger partial charge in [-0.2, -0.15) is 18.2 Å². The van der Waals surface area contributed by atoms with Crippen LogP contribution in [0, 0.1) is 0 Å². The summed E-state index contributed by atoms with van der Waals surface area (Å²) in [6.07, 6.45) is -0.0755. The number of piperidine rings is 1. The molecule has 0 saturated carbocycles. The summed E-state index contributed by atoms with van der Waals surface area (Å²) in [5.74, 6) is 0.824. The van der Waals surface area contributed by atoms with Gasteiger partial charge in [-0.15, -0.1) is 12.4 Å². The van der Waals surface area contributed by atoms with Crippen molar-refractivity contribution in [2.75, 3.05) is 29.0 Å². The third kappa shape index (κ3) is 7.66. The molecule has 11 heteroatoms. The van der Waals surface area contributed by atoms with Crippen LogP contribution in [0.2, 0.25) is 0 Å². The van der Waals surface area contributed by atoms with E-state index in [9.17, 15) is 18.0 Å². The quantitative estimate of drug-likeness (QED) is 0.491. The molecule has 7 nitrogen and oxygen atoms in total. The van der Waals surface area contributed by atoms with Crippen molar-refractivity contribution in [3.63, 3.8) is 0 Å². The fraction of sp³-hybridized carbons (Fsp3) is 0.500. The molecule has 1 atom stereocenters. The number of nitrogens with two attached hydrogens (primary N) is 1. The van der Waals surface area contributed by atoms with E-state index in [2.05, 4.69) is 32.4 Å². The molecule has 1 aliphatic heterocycles. The van der Waals surface area contributed by atoms with E-state index in [1.165, 1.54) is 13.0 Å². The van der Waals surface area contributed by atoms with Gasteiger partial charge in [0.2, 0.25) is 11.9 Å². The summed E-state index contributed by atoms with van der Waals surface area (Å²) < 4.78 is 39.5. The molecule has 33 heavy (non-hydrogen) atoms. The van der Waals surface area contributed by atoms with E-state index in [4.69, 9.17) is 5.73 Å². The fourth-order valence-electron chi connectivity index (χ4n) is 3.79. The lowest BCUT2D eigenvalue weighted by molar-refractivity contribution is -0.137. The number of carbonyl (C=O) groups is 1. The summed E-state index contributed by atoms with van der Waals surface area (Å²) in [7, 11) is 0. The van der Waals surface area contributed by atoms with Gasteiger partial charge in [0, 0.05) is 49.2 Å². The highest BCUT2D eigenvalue weighted by Crippen LogP contribution is 2.33. The molecule has 0 aliphatic carbocycles. The molecule has 0 spiro atoms. The maximum Gasteiger partial charge on any atom is 0.416 e. The van der Waals surface area contributed by atoms with E-state index in [0.29, 0.717) is 12.4 Å². The van der Waals surface area contributed by atoms with Crippen molar-refractivity contribution in [2.24, 2.45) is 0 Å². The van der Waals surface area contributed by atoms with Crippen LogP contribution >= 0.6 is 12.4 Å². The number of nitrogens with one attached hydrogen (secondary N) is 2. The van der Waals surface area contributed by atoms with Crippen LogP contribution in [0.15, 0.2) is 24.3 Å². The molecule has 182 valence electrons. The Bertz CT molecular complexity index is 956. The second-order valence-electron chi connectivity index (χ2n) is 8.10. The number of aryl methyl sites for hydroxylation is 1. The summed E-state index contributed by atoms with van der Waals surface area (Å²) in [5.41, 5.74) is 5.82.